The van der Waals surface area contributed by atoms with Crippen molar-refractivity contribution in [1.82, 2.24) is 9.97 Å². The van der Waals surface area contributed by atoms with Crippen molar-refractivity contribution in [3.05, 3.63) is 59.9 Å². The molecule has 4 rings (SSSR count). The Morgan fingerprint density at radius 2 is 1.57 bits per heavy atom. The first-order chi connectivity index (χ1) is 11.1. The van der Waals surface area contributed by atoms with E-state index in [0.717, 1.165) is 16.4 Å². The van der Waals surface area contributed by atoms with Crippen LogP contribution in [0.3, 0.4) is 0 Å². The molecule has 7 heteroatoms. The monoisotopic (exact) mass is 334 g/mol. The molecule has 114 valence electrons. The smallest absolute Gasteiger partial charge is 0.199 e. The average Bonchev–Trinajstić information content (AvgIpc) is 3.01. The molecule has 0 aliphatic heterocycles. The minimum Gasteiger partial charge on any atom is -0.235 e. The number of hydrogen-bond donors (Lipinski definition) is 0. The van der Waals surface area contributed by atoms with Crippen LogP contribution in [0.4, 0.5) is 17.6 Å². The van der Waals surface area contributed by atoms with E-state index in [4.69, 9.17) is 0 Å². The van der Waals surface area contributed by atoms with E-state index in [1.54, 1.807) is 6.07 Å². The number of benzene rings is 2. The third-order valence-corrected chi connectivity index (χ3v) is 4.63. The van der Waals surface area contributed by atoms with Gasteiger partial charge in [-0.25, -0.2) is 27.5 Å². The number of hydrogen-bond acceptors (Lipinski definition) is 3. The molecule has 0 bridgehead atoms. The molecule has 2 aromatic carbocycles. The van der Waals surface area contributed by atoms with Gasteiger partial charge >= 0.3 is 0 Å². The molecule has 0 N–H and O–H groups in total. The molecule has 0 atom stereocenters. The van der Waals surface area contributed by atoms with Crippen molar-refractivity contribution in [2.24, 2.45) is 0 Å². The van der Waals surface area contributed by atoms with Crippen molar-refractivity contribution in [3.63, 3.8) is 0 Å². The van der Waals surface area contributed by atoms with Crippen LogP contribution in [-0.2, 0) is 0 Å². The number of aromatic nitrogens is 2. The summed E-state index contributed by atoms with van der Waals surface area (Å²) in [7, 11) is 0. The Labute approximate surface area is 131 Å². The highest BCUT2D eigenvalue weighted by Crippen LogP contribution is 2.37. The van der Waals surface area contributed by atoms with Crippen LogP contribution < -0.4 is 0 Å². The fraction of sp³-hybridized carbons (Fsp3) is 0. The van der Waals surface area contributed by atoms with Crippen molar-refractivity contribution < 1.29 is 17.6 Å². The van der Waals surface area contributed by atoms with Crippen molar-refractivity contribution in [3.8, 4) is 10.6 Å². The standard InChI is InChI=1S/C16H6F4N2S/c17-11-10-15(9-5-7-3-1-2-4-8(7)23-9)21-6-22-16(10)14(20)13(19)12(11)18/h1-6H. The predicted molar refractivity (Wildman–Crippen MR) is 80.2 cm³/mol. The second kappa shape index (κ2) is 4.99. The van der Waals surface area contributed by atoms with Gasteiger partial charge in [0.1, 0.15) is 11.8 Å². The summed E-state index contributed by atoms with van der Waals surface area (Å²) in [5.41, 5.74) is -0.546. The molecule has 0 saturated carbocycles. The lowest BCUT2D eigenvalue weighted by Gasteiger charge is -2.07. The highest BCUT2D eigenvalue weighted by atomic mass is 32.1. The lowest BCUT2D eigenvalue weighted by molar-refractivity contribution is 0.417. The molecular weight excluding hydrogens is 328 g/mol. The molecule has 0 fully saturated rings. The van der Waals surface area contributed by atoms with Crippen molar-refractivity contribution in [2.45, 2.75) is 0 Å². The molecule has 4 aromatic rings. The van der Waals surface area contributed by atoms with Gasteiger partial charge in [-0.3, -0.25) is 0 Å². The number of nitrogens with zero attached hydrogens (tertiary/aromatic N) is 2. The zero-order valence-corrected chi connectivity index (χ0v) is 12.1. The highest BCUT2D eigenvalue weighted by molar-refractivity contribution is 7.22. The van der Waals surface area contributed by atoms with Gasteiger partial charge in [0.15, 0.2) is 23.3 Å². The van der Waals surface area contributed by atoms with Crippen LogP contribution >= 0.6 is 11.3 Å². The fourth-order valence-corrected chi connectivity index (χ4v) is 3.52. The molecule has 0 amide bonds. The summed E-state index contributed by atoms with van der Waals surface area (Å²) in [6.45, 7) is 0. The Hall–Kier alpha value is -2.54. The molecule has 0 aliphatic rings. The molecule has 23 heavy (non-hydrogen) atoms. The molecular formula is C16H6F4N2S. The van der Waals surface area contributed by atoms with Crippen molar-refractivity contribution in [1.29, 1.82) is 0 Å². The molecule has 2 aromatic heterocycles. The van der Waals surface area contributed by atoms with Gasteiger partial charge in [0.25, 0.3) is 0 Å². The lowest BCUT2D eigenvalue weighted by Crippen LogP contribution is -2.01. The summed E-state index contributed by atoms with van der Waals surface area (Å²) in [5.74, 6) is -6.77. The van der Waals surface area contributed by atoms with Crippen molar-refractivity contribution in [2.75, 3.05) is 0 Å². The quantitative estimate of drug-likeness (QED) is 0.276. The molecule has 0 unspecified atom stereocenters. The molecule has 2 heterocycles. The van der Waals surface area contributed by atoms with E-state index in [-0.39, 0.29) is 5.69 Å². The summed E-state index contributed by atoms with van der Waals surface area (Å²) >= 11 is 1.29. The van der Waals surface area contributed by atoms with Gasteiger partial charge in [0, 0.05) is 4.70 Å². The zero-order valence-electron chi connectivity index (χ0n) is 11.3. The molecule has 2 nitrogen and oxygen atoms in total. The van der Waals surface area contributed by atoms with E-state index in [9.17, 15) is 17.6 Å². The SMILES string of the molecule is Fc1c(F)c(F)c2c(-c3cc4ccccc4s3)ncnc2c1F. The Morgan fingerprint density at radius 1 is 0.826 bits per heavy atom. The van der Waals surface area contributed by atoms with Crippen LogP contribution in [0.2, 0.25) is 0 Å². The third kappa shape index (κ3) is 2.00. The summed E-state index contributed by atoms with van der Waals surface area (Å²) in [5, 5.41) is 0.429. The van der Waals surface area contributed by atoms with Gasteiger partial charge in [0.05, 0.1) is 16.0 Å². The van der Waals surface area contributed by atoms with E-state index in [2.05, 4.69) is 9.97 Å². The molecule has 0 spiro atoms. The zero-order chi connectivity index (χ0) is 16.1. The fourth-order valence-electron chi connectivity index (χ4n) is 2.45. The van der Waals surface area contributed by atoms with Gasteiger partial charge in [-0.05, 0) is 17.5 Å². The van der Waals surface area contributed by atoms with E-state index in [1.807, 2.05) is 24.3 Å². The molecule has 0 saturated heterocycles. The number of fused-ring (bicyclic) bond motifs is 2. The first kappa shape index (κ1) is 14.1. The first-order valence-corrected chi connectivity index (χ1v) is 7.35. The van der Waals surface area contributed by atoms with Crippen LogP contribution in [0.5, 0.6) is 0 Å². The van der Waals surface area contributed by atoms with Gasteiger partial charge in [-0.15, -0.1) is 11.3 Å². The summed E-state index contributed by atoms with van der Waals surface area (Å²) in [4.78, 5) is 8.02. The number of thiophene rings is 1. The Bertz CT molecular complexity index is 1040. The maximum absolute atomic E-state index is 14.2. The highest BCUT2D eigenvalue weighted by Gasteiger charge is 2.24. The second-order valence-corrected chi connectivity index (χ2v) is 5.93. The van der Waals surface area contributed by atoms with Crippen LogP contribution in [0.15, 0.2) is 36.7 Å². The van der Waals surface area contributed by atoms with Gasteiger partial charge in [0.2, 0.25) is 0 Å². The Morgan fingerprint density at radius 3 is 2.35 bits per heavy atom. The van der Waals surface area contributed by atoms with E-state index in [0.29, 0.717) is 4.88 Å². The topological polar surface area (TPSA) is 25.8 Å². The van der Waals surface area contributed by atoms with Crippen LogP contribution in [0, 0.1) is 23.3 Å². The summed E-state index contributed by atoms with van der Waals surface area (Å²) < 4.78 is 55.9. The van der Waals surface area contributed by atoms with Crippen LogP contribution in [0.1, 0.15) is 0 Å². The normalized spacial score (nSPS) is 11.5. The van der Waals surface area contributed by atoms with Crippen molar-refractivity contribution >= 4 is 32.3 Å². The maximum Gasteiger partial charge on any atom is 0.199 e. The lowest BCUT2D eigenvalue weighted by atomic mass is 10.1. The Kier molecular flexibility index (Phi) is 3.05. The third-order valence-electron chi connectivity index (χ3n) is 3.51. The van der Waals surface area contributed by atoms with Crippen LogP contribution in [-0.4, -0.2) is 9.97 Å². The minimum atomic E-state index is -1.88. The minimum absolute atomic E-state index is 0.0338. The van der Waals surface area contributed by atoms with E-state index >= 15 is 0 Å². The number of halogens is 4. The van der Waals surface area contributed by atoms with Crippen LogP contribution in [0.25, 0.3) is 31.6 Å². The molecule has 0 radical (unpaired) electrons. The number of rotatable bonds is 1. The Balaban J connectivity index is 2.11. The van der Waals surface area contributed by atoms with Gasteiger partial charge in [-0.2, -0.15) is 0 Å². The predicted octanol–water partition coefficient (Wildman–Crippen LogP) is 5.07. The maximum atomic E-state index is 14.2. The van der Waals surface area contributed by atoms with E-state index in [1.165, 1.54) is 11.3 Å². The van der Waals surface area contributed by atoms with Gasteiger partial charge in [-0.1, -0.05) is 18.2 Å². The molecule has 0 aliphatic carbocycles. The summed E-state index contributed by atoms with van der Waals surface area (Å²) in [6.07, 6.45) is 1.00. The van der Waals surface area contributed by atoms with E-state index < -0.39 is 34.2 Å². The average molecular weight is 334 g/mol. The first-order valence-electron chi connectivity index (χ1n) is 6.53. The van der Waals surface area contributed by atoms with Gasteiger partial charge < -0.3 is 0 Å². The largest absolute Gasteiger partial charge is 0.235 e. The second-order valence-electron chi connectivity index (χ2n) is 4.85. The summed E-state index contributed by atoms with van der Waals surface area (Å²) in [6, 6.07) is 9.14.